The van der Waals surface area contributed by atoms with E-state index < -0.39 is 15.8 Å². The Morgan fingerprint density at radius 2 is 1.65 bits per heavy atom. The molecule has 3 aromatic rings. The number of pyridine rings is 1. The van der Waals surface area contributed by atoms with E-state index in [4.69, 9.17) is 4.74 Å². The van der Waals surface area contributed by atoms with Gasteiger partial charge >= 0.3 is 0 Å². The molecule has 0 radical (unpaired) electrons. The van der Waals surface area contributed by atoms with Gasteiger partial charge in [0.15, 0.2) is 0 Å². The van der Waals surface area contributed by atoms with E-state index in [1.807, 2.05) is 24.3 Å². The highest BCUT2D eigenvalue weighted by Gasteiger charge is 2.30. The van der Waals surface area contributed by atoms with E-state index in [2.05, 4.69) is 9.88 Å². The number of benzene rings is 2. The lowest BCUT2D eigenvalue weighted by Gasteiger charge is -2.34. The van der Waals surface area contributed by atoms with Gasteiger partial charge in [-0.05, 0) is 53.6 Å². The van der Waals surface area contributed by atoms with Gasteiger partial charge in [-0.3, -0.25) is 9.88 Å². The van der Waals surface area contributed by atoms with Crippen LogP contribution in [0.2, 0.25) is 0 Å². The van der Waals surface area contributed by atoms with E-state index in [0.29, 0.717) is 37.3 Å². The number of piperazine rings is 1. The van der Waals surface area contributed by atoms with Gasteiger partial charge in [-0.15, -0.1) is 0 Å². The summed E-state index contributed by atoms with van der Waals surface area (Å²) in [4.78, 5) is 6.30. The number of hydrogen-bond donors (Lipinski definition) is 0. The number of nitrogens with zero attached hydrogens (tertiary/aromatic N) is 3. The lowest BCUT2D eigenvalue weighted by Crippen LogP contribution is -2.48. The van der Waals surface area contributed by atoms with E-state index in [1.54, 1.807) is 31.6 Å². The molecule has 1 aliphatic rings. The van der Waals surface area contributed by atoms with Gasteiger partial charge in [0.1, 0.15) is 11.6 Å². The summed E-state index contributed by atoms with van der Waals surface area (Å²) in [6.07, 6.45) is 3.13. The molecule has 0 bridgehead atoms. The lowest BCUT2D eigenvalue weighted by molar-refractivity contribution is 0.181. The SMILES string of the molecule is COc1ccc(CN2CCN(S(=O)(=O)c3ccc(F)cc3-c3ccncc3)CC2)cc1. The molecule has 4 rings (SSSR count). The molecule has 6 nitrogen and oxygen atoms in total. The van der Waals surface area contributed by atoms with Crippen molar-refractivity contribution in [3.05, 3.63) is 78.4 Å². The maximum absolute atomic E-state index is 13.9. The number of aromatic nitrogens is 1. The monoisotopic (exact) mass is 441 g/mol. The van der Waals surface area contributed by atoms with Crippen LogP contribution in [0.25, 0.3) is 11.1 Å². The van der Waals surface area contributed by atoms with Crippen LogP contribution in [0, 0.1) is 5.82 Å². The topological polar surface area (TPSA) is 62.7 Å². The number of halogens is 1. The van der Waals surface area contributed by atoms with Crippen LogP contribution in [0.15, 0.2) is 71.9 Å². The van der Waals surface area contributed by atoms with E-state index in [9.17, 15) is 12.8 Å². The third kappa shape index (κ3) is 4.76. The Balaban J connectivity index is 1.49. The molecule has 1 aromatic heterocycles. The standard InChI is InChI=1S/C23H24FN3O3S/c1-30-21-5-2-18(3-6-21)17-26-12-14-27(15-13-26)31(28,29)23-7-4-20(24)16-22(23)19-8-10-25-11-9-19/h2-11,16H,12-15,17H2,1H3. The zero-order valence-electron chi connectivity index (χ0n) is 17.2. The Labute approximate surface area is 182 Å². The van der Waals surface area contributed by atoms with Crippen LogP contribution in [0.5, 0.6) is 5.75 Å². The predicted molar refractivity (Wildman–Crippen MR) is 117 cm³/mol. The number of rotatable bonds is 6. The minimum absolute atomic E-state index is 0.115. The van der Waals surface area contributed by atoms with E-state index in [0.717, 1.165) is 17.9 Å². The van der Waals surface area contributed by atoms with Gasteiger partial charge in [0.25, 0.3) is 0 Å². The fourth-order valence-electron chi connectivity index (χ4n) is 3.74. The number of hydrogen-bond acceptors (Lipinski definition) is 5. The smallest absolute Gasteiger partial charge is 0.243 e. The third-order valence-electron chi connectivity index (χ3n) is 5.45. The van der Waals surface area contributed by atoms with Gasteiger partial charge in [0.05, 0.1) is 12.0 Å². The molecule has 0 N–H and O–H groups in total. The van der Waals surface area contributed by atoms with Crippen molar-refractivity contribution in [2.24, 2.45) is 0 Å². The second-order valence-electron chi connectivity index (χ2n) is 7.40. The fraction of sp³-hybridized carbons (Fsp3) is 0.261. The van der Waals surface area contributed by atoms with Crippen LogP contribution in [-0.4, -0.2) is 55.9 Å². The number of ether oxygens (including phenoxy) is 1. The Hall–Kier alpha value is -2.81. The van der Waals surface area contributed by atoms with Crippen molar-refractivity contribution in [1.82, 2.24) is 14.2 Å². The average Bonchev–Trinajstić information content (AvgIpc) is 2.80. The molecule has 0 unspecified atom stereocenters. The van der Waals surface area contributed by atoms with Gasteiger partial charge < -0.3 is 4.74 Å². The summed E-state index contributed by atoms with van der Waals surface area (Å²) in [7, 11) is -2.13. The zero-order chi connectivity index (χ0) is 21.8. The minimum Gasteiger partial charge on any atom is -0.497 e. The van der Waals surface area contributed by atoms with Crippen LogP contribution in [0.3, 0.4) is 0 Å². The molecule has 0 saturated carbocycles. The van der Waals surface area contributed by atoms with Crippen LogP contribution >= 0.6 is 0 Å². The second-order valence-corrected chi connectivity index (χ2v) is 9.31. The van der Waals surface area contributed by atoms with Crippen molar-refractivity contribution in [3.8, 4) is 16.9 Å². The highest BCUT2D eigenvalue weighted by Crippen LogP contribution is 2.30. The van der Waals surface area contributed by atoms with Crippen LogP contribution in [0.1, 0.15) is 5.56 Å². The first-order chi connectivity index (χ1) is 15.0. The van der Waals surface area contributed by atoms with Crippen molar-refractivity contribution >= 4 is 10.0 Å². The summed E-state index contributed by atoms with van der Waals surface area (Å²) in [5.74, 6) is 0.332. The number of methoxy groups -OCH3 is 1. The molecular weight excluding hydrogens is 417 g/mol. The van der Waals surface area contributed by atoms with Crippen LogP contribution in [-0.2, 0) is 16.6 Å². The summed E-state index contributed by atoms with van der Waals surface area (Å²) in [6, 6.07) is 15.0. The molecule has 0 spiro atoms. The quantitative estimate of drug-likeness (QED) is 0.587. The Bertz CT molecular complexity index is 1130. The van der Waals surface area contributed by atoms with Crippen molar-refractivity contribution in [2.45, 2.75) is 11.4 Å². The largest absolute Gasteiger partial charge is 0.497 e. The Kier molecular flexibility index (Phi) is 6.31. The van der Waals surface area contributed by atoms with Gasteiger partial charge in [0, 0.05) is 50.7 Å². The molecule has 0 amide bonds. The molecule has 8 heteroatoms. The third-order valence-corrected chi connectivity index (χ3v) is 7.40. The summed E-state index contributed by atoms with van der Waals surface area (Å²) in [5, 5.41) is 0. The minimum atomic E-state index is -3.76. The van der Waals surface area contributed by atoms with Crippen molar-refractivity contribution < 1.29 is 17.5 Å². The van der Waals surface area contributed by atoms with E-state index in [1.165, 1.54) is 22.5 Å². The molecular formula is C23H24FN3O3S. The normalized spacial score (nSPS) is 15.7. The van der Waals surface area contributed by atoms with Crippen LogP contribution in [0.4, 0.5) is 4.39 Å². The molecule has 1 fully saturated rings. The fourth-order valence-corrected chi connectivity index (χ4v) is 5.36. The Morgan fingerprint density at radius 1 is 0.968 bits per heavy atom. The summed E-state index contributed by atoms with van der Waals surface area (Å²) in [5.41, 5.74) is 2.12. The first kappa shape index (κ1) is 21.4. The molecule has 162 valence electrons. The van der Waals surface area contributed by atoms with Gasteiger partial charge in [-0.25, -0.2) is 12.8 Å². The zero-order valence-corrected chi connectivity index (χ0v) is 18.1. The van der Waals surface area contributed by atoms with Gasteiger partial charge in [0.2, 0.25) is 10.0 Å². The highest BCUT2D eigenvalue weighted by atomic mass is 32.2. The summed E-state index contributed by atoms with van der Waals surface area (Å²) < 4.78 is 47.4. The molecule has 1 aliphatic heterocycles. The molecule has 0 atom stereocenters. The summed E-state index contributed by atoms with van der Waals surface area (Å²) in [6.45, 7) is 2.75. The van der Waals surface area contributed by atoms with Crippen LogP contribution < -0.4 is 4.74 Å². The summed E-state index contributed by atoms with van der Waals surface area (Å²) >= 11 is 0. The maximum atomic E-state index is 13.9. The van der Waals surface area contributed by atoms with E-state index >= 15 is 0 Å². The first-order valence-electron chi connectivity index (χ1n) is 10.0. The first-order valence-corrected chi connectivity index (χ1v) is 11.5. The van der Waals surface area contributed by atoms with Gasteiger partial charge in [-0.1, -0.05) is 12.1 Å². The van der Waals surface area contributed by atoms with E-state index in [-0.39, 0.29) is 4.90 Å². The van der Waals surface area contributed by atoms with Crippen molar-refractivity contribution in [1.29, 1.82) is 0 Å². The Morgan fingerprint density at radius 3 is 2.29 bits per heavy atom. The van der Waals surface area contributed by atoms with Gasteiger partial charge in [-0.2, -0.15) is 4.31 Å². The maximum Gasteiger partial charge on any atom is 0.243 e. The molecule has 0 aliphatic carbocycles. The molecule has 2 heterocycles. The molecule has 31 heavy (non-hydrogen) atoms. The number of sulfonamides is 1. The molecule has 1 saturated heterocycles. The molecule has 2 aromatic carbocycles. The predicted octanol–water partition coefficient (Wildman–Crippen LogP) is 3.40. The lowest BCUT2D eigenvalue weighted by atomic mass is 10.1. The highest BCUT2D eigenvalue weighted by molar-refractivity contribution is 7.89. The van der Waals surface area contributed by atoms with Crippen molar-refractivity contribution in [3.63, 3.8) is 0 Å². The second kappa shape index (κ2) is 9.13. The van der Waals surface area contributed by atoms with Crippen molar-refractivity contribution in [2.75, 3.05) is 33.3 Å². The average molecular weight is 442 g/mol.